The number of hydrogen-bond acceptors (Lipinski definition) is 6. The summed E-state index contributed by atoms with van der Waals surface area (Å²) in [5.41, 5.74) is 2.14. The summed E-state index contributed by atoms with van der Waals surface area (Å²) in [4.78, 5) is 16.0. The van der Waals surface area contributed by atoms with Gasteiger partial charge in [0, 0.05) is 16.1 Å². The van der Waals surface area contributed by atoms with Gasteiger partial charge in [0.2, 0.25) is 5.82 Å². The summed E-state index contributed by atoms with van der Waals surface area (Å²) in [6.45, 7) is -0.114. The second-order valence-electron chi connectivity index (χ2n) is 5.20. The van der Waals surface area contributed by atoms with Crippen molar-refractivity contribution in [2.24, 2.45) is 0 Å². The predicted octanol–water partition coefficient (Wildman–Crippen LogP) is 4.13. The lowest BCUT2D eigenvalue weighted by Gasteiger charge is -1.97. The summed E-state index contributed by atoms with van der Waals surface area (Å²) in [6, 6.07) is 16.3. The highest BCUT2D eigenvalue weighted by molar-refractivity contribution is 9.10. The van der Waals surface area contributed by atoms with Crippen molar-refractivity contribution in [3.8, 4) is 17.5 Å². The Kier molecular flexibility index (Phi) is 5.56. The van der Waals surface area contributed by atoms with E-state index < -0.39 is 5.97 Å². The van der Waals surface area contributed by atoms with Crippen molar-refractivity contribution in [2.45, 2.75) is 6.61 Å². The molecule has 0 fully saturated rings. The van der Waals surface area contributed by atoms with Crippen LogP contribution in [0.4, 0.5) is 0 Å². The summed E-state index contributed by atoms with van der Waals surface area (Å²) in [5.74, 6) is 0.0992. The largest absolute Gasteiger partial charge is 0.452 e. The lowest BCUT2D eigenvalue weighted by atomic mass is 10.1. The molecule has 0 radical (unpaired) electrons. The topological polar surface area (TPSA) is 89.0 Å². The molecule has 0 N–H and O–H groups in total. The van der Waals surface area contributed by atoms with Crippen LogP contribution in [0.2, 0.25) is 0 Å². The molecular weight excluding hydrogens is 398 g/mol. The summed E-state index contributed by atoms with van der Waals surface area (Å²) in [6.07, 6.45) is 2.90. The van der Waals surface area contributed by atoms with Gasteiger partial charge in [-0.15, -0.1) is 0 Å². The fourth-order valence-corrected chi connectivity index (χ4v) is 2.47. The van der Waals surface area contributed by atoms with Crippen LogP contribution in [0, 0.1) is 11.3 Å². The Morgan fingerprint density at radius 1 is 1.27 bits per heavy atom. The monoisotopic (exact) mass is 409 g/mol. The molecule has 0 aliphatic rings. The SMILES string of the molecule is N#Cc1ccc(/C=C/C(=O)OCc2nc(-c3cccc(Br)c3)no2)cc1. The Hall–Kier alpha value is -3.24. The number of halogens is 1. The zero-order chi connectivity index (χ0) is 18.4. The van der Waals surface area contributed by atoms with Gasteiger partial charge >= 0.3 is 5.97 Å². The molecule has 7 heteroatoms. The Morgan fingerprint density at radius 3 is 2.81 bits per heavy atom. The van der Waals surface area contributed by atoms with Crippen molar-refractivity contribution < 1.29 is 14.1 Å². The third kappa shape index (κ3) is 4.65. The van der Waals surface area contributed by atoms with Gasteiger partial charge in [-0.05, 0) is 35.9 Å². The number of benzene rings is 2. The van der Waals surface area contributed by atoms with Crippen molar-refractivity contribution in [1.29, 1.82) is 5.26 Å². The Bertz CT molecular complexity index is 988. The van der Waals surface area contributed by atoms with E-state index in [9.17, 15) is 4.79 Å². The minimum absolute atomic E-state index is 0.114. The molecule has 1 heterocycles. The Balaban J connectivity index is 1.56. The molecule has 0 atom stereocenters. The maximum absolute atomic E-state index is 11.8. The fourth-order valence-electron chi connectivity index (χ4n) is 2.07. The smallest absolute Gasteiger partial charge is 0.331 e. The summed E-state index contributed by atoms with van der Waals surface area (Å²) in [5, 5.41) is 12.6. The van der Waals surface area contributed by atoms with Gasteiger partial charge in [0.15, 0.2) is 6.61 Å². The predicted molar refractivity (Wildman–Crippen MR) is 97.4 cm³/mol. The molecule has 3 rings (SSSR count). The van der Waals surface area contributed by atoms with E-state index in [0.29, 0.717) is 11.4 Å². The standard InChI is InChI=1S/C19H12BrN3O3/c20-16-3-1-2-15(10-16)19-22-17(26-23-19)12-25-18(24)9-8-13-4-6-14(11-21)7-5-13/h1-10H,12H2/b9-8+. The van der Waals surface area contributed by atoms with Crippen LogP contribution in [0.5, 0.6) is 0 Å². The normalized spacial score (nSPS) is 10.6. The zero-order valence-corrected chi connectivity index (χ0v) is 15.0. The molecule has 6 nitrogen and oxygen atoms in total. The van der Waals surface area contributed by atoms with Crippen LogP contribution in [0.3, 0.4) is 0 Å². The number of rotatable bonds is 5. The number of carbonyl (C=O) groups excluding carboxylic acids is 1. The van der Waals surface area contributed by atoms with Crippen LogP contribution < -0.4 is 0 Å². The first-order valence-corrected chi connectivity index (χ1v) is 8.37. The van der Waals surface area contributed by atoms with E-state index in [-0.39, 0.29) is 12.5 Å². The number of carbonyl (C=O) groups is 1. The Morgan fingerprint density at radius 2 is 2.08 bits per heavy atom. The third-order valence-electron chi connectivity index (χ3n) is 3.34. The van der Waals surface area contributed by atoms with Crippen LogP contribution in [-0.4, -0.2) is 16.1 Å². The van der Waals surface area contributed by atoms with Crippen LogP contribution in [0.1, 0.15) is 17.0 Å². The number of aromatic nitrogens is 2. The van der Waals surface area contributed by atoms with Crippen molar-refractivity contribution in [2.75, 3.05) is 0 Å². The van der Waals surface area contributed by atoms with Gasteiger partial charge in [0.25, 0.3) is 5.89 Å². The van der Waals surface area contributed by atoms with Gasteiger partial charge < -0.3 is 9.26 Å². The zero-order valence-electron chi connectivity index (χ0n) is 13.4. The van der Waals surface area contributed by atoms with Crippen molar-refractivity contribution >= 4 is 28.0 Å². The average molecular weight is 410 g/mol. The first kappa shape index (κ1) is 17.6. The molecule has 3 aromatic rings. The van der Waals surface area contributed by atoms with E-state index >= 15 is 0 Å². The second-order valence-corrected chi connectivity index (χ2v) is 6.11. The van der Waals surface area contributed by atoms with Gasteiger partial charge in [-0.2, -0.15) is 10.2 Å². The maximum Gasteiger partial charge on any atom is 0.331 e. The Labute approximate surface area is 157 Å². The van der Waals surface area contributed by atoms with Gasteiger partial charge in [-0.3, -0.25) is 0 Å². The van der Waals surface area contributed by atoms with Crippen molar-refractivity contribution in [1.82, 2.24) is 10.1 Å². The van der Waals surface area contributed by atoms with Gasteiger partial charge in [0.1, 0.15) is 0 Å². The van der Waals surface area contributed by atoms with E-state index in [1.54, 1.807) is 30.3 Å². The highest BCUT2D eigenvalue weighted by atomic mass is 79.9. The van der Waals surface area contributed by atoms with E-state index in [1.807, 2.05) is 30.3 Å². The van der Waals surface area contributed by atoms with E-state index in [1.165, 1.54) is 6.08 Å². The molecule has 0 aliphatic carbocycles. The molecule has 0 saturated heterocycles. The maximum atomic E-state index is 11.8. The minimum atomic E-state index is -0.531. The van der Waals surface area contributed by atoms with Crippen molar-refractivity contribution in [3.63, 3.8) is 0 Å². The first-order valence-electron chi connectivity index (χ1n) is 7.57. The number of ether oxygens (including phenoxy) is 1. The number of nitriles is 1. The first-order chi connectivity index (χ1) is 12.6. The van der Waals surface area contributed by atoms with E-state index in [0.717, 1.165) is 15.6 Å². The highest BCUT2D eigenvalue weighted by Crippen LogP contribution is 2.20. The highest BCUT2D eigenvalue weighted by Gasteiger charge is 2.10. The summed E-state index contributed by atoms with van der Waals surface area (Å²) >= 11 is 3.38. The average Bonchev–Trinajstić information content (AvgIpc) is 3.14. The van der Waals surface area contributed by atoms with Gasteiger partial charge in [-0.25, -0.2) is 4.79 Å². The number of nitrogens with zero attached hydrogens (tertiary/aromatic N) is 3. The van der Waals surface area contributed by atoms with Crippen LogP contribution in [-0.2, 0) is 16.1 Å². The molecule has 0 amide bonds. The molecule has 26 heavy (non-hydrogen) atoms. The lowest BCUT2D eigenvalue weighted by molar-refractivity contribution is -0.139. The third-order valence-corrected chi connectivity index (χ3v) is 3.83. The fraction of sp³-hybridized carbons (Fsp3) is 0.0526. The number of esters is 1. The van der Waals surface area contributed by atoms with Crippen LogP contribution in [0.25, 0.3) is 17.5 Å². The van der Waals surface area contributed by atoms with Crippen molar-refractivity contribution in [3.05, 3.63) is 76.1 Å². The molecule has 1 aromatic heterocycles. The van der Waals surface area contributed by atoms with Gasteiger partial charge in [-0.1, -0.05) is 45.4 Å². The van der Waals surface area contributed by atoms with Crippen LogP contribution in [0.15, 0.2) is 63.6 Å². The number of hydrogen-bond donors (Lipinski definition) is 0. The van der Waals surface area contributed by atoms with E-state index in [4.69, 9.17) is 14.5 Å². The minimum Gasteiger partial charge on any atom is -0.452 e. The van der Waals surface area contributed by atoms with E-state index in [2.05, 4.69) is 26.1 Å². The molecular formula is C19H12BrN3O3. The molecule has 0 saturated carbocycles. The van der Waals surface area contributed by atoms with Crippen LogP contribution >= 0.6 is 15.9 Å². The molecule has 128 valence electrons. The molecule has 0 aliphatic heterocycles. The molecule has 0 bridgehead atoms. The second kappa shape index (κ2) is 8.23. The summed E-state index contributed by atoms with van der Waals surface area (Å²) < 4.78 is 11.1. The molecule has 0 unspecified atom stereocenters. The lowest BCUT2D eigenvalue weighted by Crippen LogP contribution is -2.00. The molecule has 2 aromatic carbocycles. The quantitative estimate of drug-likeness (QED) is 0.464. The summed E-state index contributed by atoms with van der Waals surface area (Å²) in [7, 11) is 0. The molecule has 0 spiro atoms. The van der Waals surface area contributed by atoms with Gasteiger partial charge in [0.05, 0.1) is 11.6 Å².